The number of carbonyl (C=O) groups excluding carboxylic acids is 1. The summed E-state index contributed by atoms with van der Waals surface area (Å²) >= 11 is 0. The summed E-state index contributed by atoms with van der Waals surface area (Å²) in [5, 5.41) is 21.6. The van der Waals surface area contributed by atoms with E-state index in [-0.39, 0.29) is 24.4 Å². The smallest absolute Gasteiger partial charge is 0.320 e. The Morgan fingerprint density at radius 2 is 1.58 bits per heavy atom. The van der Waals surface area contributed by atoms with Crippen LogP contribution in [0.2, 0.25) is 0 Å². The molecule has 8 nitrogen and oxygen atoms in total. The fourth-order valence-electron chi connectivity index (χ4n) is 5.18. The maximum atomic E-state index is 13.8. The highest BCUT2D eigenvalue weighted by Crippen LogP contribution is 2.40. The lowest BCUT2D eigenvalue weighted by Gasteiger charge is -2.37. The minimum atomic E-state index is -0.814. The first-order valence-electron chi connectivity index (χ1n) is 11.5. The number of aliphatic carboxylic acids is 1. The molecule has 0 saturated heterocycles. The van der Waals surface area contributed by atoms with Crippen molar-refractivity contribution in [2.45, 2.75) is 63.8 Å². The van der Waals surface area contributed by atoms with Gasteiger partial charge < -0.3 is 20.2 Å². The molecular weight excluding hydrogens is 434 g/mol. The van der Waals surface area contributed by atoms with Crippen molar-refractivity contribution in [2.75, 3.05) is 5.32 Å². The molecule has 178 valence electrons. The molecule has 0 radical (unpaired) electrons. The zero-order valence-electron chi connectivity index (χ0n) is 18.2. The molecule has 2 aliphatic carbocycles. The molecule has 2 saturated carbocycles. The second-order valence-corrected chi connectivity index (χ2v) is 9.10. The Kier molecular flexibility index (Phi) is 7.20. The molecule has 1 amide bonds. The van der Waals surface area contributed by atoms with Crippen molar-refractivity contribution < 1.29 is 27.9 Å². The van der Waals surface area contributed by atoms with E-state index in [1.165, 1.54) is 6.07 Å². The summed E-state index contributed by atoms with van der Waals surface area (Å²) in [5.41, 5.74) is -0.427. The molecule has 2 aliphatic rings. The van der Waals surface area contributed by atoms with Crippen LogP contribution in [0.15, 0.2) is 22.6 Å². The van der Waals surface area contributed by atoms with Gasteiger partial charge in [0.1, 0.15) is 17.3 Å². The lowest BCUT2D eigenvalue weighted by molar-refractivity contribution is -0.138. The van der Waals surface area contributed by atoms with E-state index in [9.17, 15) is 18.4 Å². The van der Waals surface area contributed by atoms with Crippen LogP contribution in [0.1, 0.15) is 68.5 Å². The summed E-state index contributed by atoms with van der Waals surface area (Å²) in [7, 11) is 0. The predicted molar refractivity (Wildman–Crippen MR) is 115 cm³/mol. The largest absolute Gasteiger partial charge is 0.481 e. The van der Waals surface area contributed by atoms with E-state index in [4.69, 9.17) is 9.52 Å². The third-order valence-electron chi connectivity index (χ3n) is 6.94. The van der Waals surface area contributed by atoms with Crippen LogP contribution >= 0.6 is 0 Å². The first-order valence-corrected chi connectivity index (χ1v) is 11.5. The normalized spacial score (nSPS) is 25.4. The molecule has 0 aliphatic heterocycles. The maximum absolute atomic E-state index is 13.8. The van der Waals surface area contributed by atoms with Crippen molar-refractivity contribution in [3.63, 3.8) is 0 Å². The van der Waals surface area contributed by atoms with Gasteiger partial charge in [0.05, 0.1) is 0 Å². The van der Waals surface area contributed by atoms with Crippen molar-refractivity contribution >= 4 is 23.6 Å². The highest BCUT2D eigenvalue weighted by Gasteiger charge is 2.32. The van der Waals surface area contributed by atoms with Crippen LogP contribution in [0, 0.1) is 29.4 Å². The Balaban J connectivity index is 1.23. The van der Waals surface area contributed by atoms with Gasteiger partial charge in [-0.1, -0.05) is 11.2 Å². The third kappa shape index (κ3) is 5.85. The van der Waals surface area contributed by atoms with Gasteiger partial charge in [-0.05, 0) is 81.3 Å². The number of halogens is 2. The van der Waals surface area contributed by atoms with Gasteiger partial charge in [-0.3, -0.25) is 9.59 Å². The minimum Gasteiger partial charge on any atom is -0.481 e. The summed E-state index contributed by atoms with van der Waals surface area (Å²) in [6.45, 7) is 0. The SMILES string of the molecule is O=C(O)CC1CCC(C2CCC(NC(=O)c3nnc(Nc4c(F)cccc4F)o3)CC2)CC1. The van der Waals surface area contributed by atoms with E-state index in [0.29, 0.717) is 17.8 Å². The topological polar surface area (TPSA) is 117 Å². The van der Waals surface area contributed by atoms with Gasteiger partial charge >= 0.3 is 23.8 Å². The van der Waals surface area contributed by atoms with Crippen LogP contribution in [0.5, 0.6) is 0 Å². The van der Waals surface area contributed by atoms with Crippen molar-refractivity contribution in [1.29, 1.82) is 0 Å². The molecular formula is C23H28F2N4O4. The van der Waals surface area contributed by atoms with Crippen molar-refractivity contribution in [1.82, 2.24) is 15.5 Å². The Hall–Kier alpha value is -3.04. The maximum Gasteiger partial charge on any atom is 0.320 e. The average molecular weight is 462 g/mol. The molecule has 33 heavy (non-hydrogen) atoms. The Morgan fingerprint density at radius 3 is 2.18 bits per heavy atom. The van der Waals surface area contributed by atoms with Crippen LogP contribution < -0.4 is 10.6 Å². The molecule has 0 unspecified atom stereocenters. The number of para-hydroxylation sites is 1. The molecule has 10 heteroatoms. The number of benzene rings is 1. The van der Waals surface area contributed by atoms with Gasteiger partial charge in [0.25, 0.3) is 0 Å². The second-order valence-electron chi connectivity index (χ2n) is 9.10. The Bertz CT molecular complexity index is 962. The first-order chi connectivity index (χ1) is 15.9. The van der Waals surface area contributed by atoms with Gasteiger partial charge in [0, 0.05) is 12.5 Å². The van der Waals surface area contributed by atoms with E-state index in [0.717, 1.165) is 63.5 Å². The van der Waals surface area contributed by atoms with Crippen molar-refractivity contribution in [2.24, 2.45) is 17.8 Å². The molecule has 2 aromatic rings. The Morgan fingerprint density at radius 1 is 0.970 bits per heavy atom. The average Bonchev–Trinajstić information content (AvgIpc) is 3.26. The summed E-state index contributed by atoms with van der Waals surface area (Å²) in [5.74, 6) is -1.57. The van der Waals surface area contributed by atoms with E-state index in [1.807, 2.05) is 0 Å². The quantitative estimate of drug-likeness (QED) is 0.548. The third-order valence-corrected chi connectivity index (χ3v) is 6.94. The number of carboxylic acids is 1. The molecule has 0 bridgehead atoms. The molecule has 1 aromatic carbocycles. The fraction of sp³-hybridized carbons (Fsp3) is 0.565. The van der Waals surface area contributed by atoms with E-state index in [2.05, 4.69) is 20.8 Å². The van der Waals surface area contributed by atoms with Crippen molar-refractivity contribution in [3.8, 4) is 0 Å². The van der Waals surface area contributed by atoms with Gasteiger partial charge in [-0.25, -0.2) is 8.78 Å². The van der Waals surface area contributed by atoms with Gasteiger partial charge in [-0.15, -0.1) is 5.10 Å². The first kappa shape index (κ1) is 23.1. The lowest BCUT2D eigenvalue weighted by Crippen LogP contribution is -2.39. The zero-order valence-corrected chi connectivity index (χ0v) is 18.2. The number of aromatic nitrogens is 2. The number of anilines is 2. The van der Waals surface area contributed by atoms with E-state index in [1.54, 1.807) is 0 Å². The number of hydrogen-bond donors (Lipinski definition) is 3. The van der Waals surface area contributed by atoms with Crippen molar-refractivity contribution in [3.05, 3.63) is 35.7 Å². The molecule has 3 N–H and O–H groups in total. The van der Waals surface area contributed by atoms with Gasteiger partial charge in [-0.2, -0.15) is 0 Å². The fourth-order valence-corrected chi connectivity index (χ4v) is 5.18. The number of hydrogen-bond acceptors (Lipinski definition) is 6. The number of carbonyl (C=O) groups is 2. The summed E-state index contributed by atoms with van der Waals surface area (Å²) in [6, 6.07) is 3.15. The van der Waals surface area contributed by atoms with E-state index >= 15 is 0 Å². The van der Waals surface area contributed by atoms with Crippen LogP contribution in [0.4, 0.5) is 20.5 Å². The van der Waals surface area contributed by atoms with Crippen LogP contribution in [0.3, 0.4) is 0 Å². The predicted octanol–water partition coefficient (Wildman–Crippen LogP) is 4.66. The number of amides is 1. The summed E-state index contributed by atoms with van der Waals surface area (Å²) in [4.78, 5) is 23.4. The van der Waals surface area contributed by atoms with Gasteiger partial charge in [0.15, 0.2) is 0 Å². The highest BCUT2D eigenvalue weighted by atomic mass is 19.1. The number of nitrogens with zero attached hydrogens (tertiary/aromatic N) is 2. The van der Waals surface area contributed by atoms with Gasteiger partial charge in [0.2, 0.25) is 0 Å². The molecule has 0 spiro atoms. The number of carboxylic acid groups (broad SMARTS) is 1. The molecule has 1 aromatic heterocycles. The minimum absolute atomic E-state index is 0.00409. The van der Waals surface area contributed by atoms with E-state index < -0.39 is 29.2 Å². The Labute approximate surface area is 190 Å². The molecule has 1 heterocycles. The summed E-state index contributed by atoms with van der Waals surface area (Å²) < 4.78 is 32.7. The summed E-state index contributed by atoms with van der Waals surface area (Å²) in [6.07, 6.45) is 8.14. The highest BCUT2D eigenvalue weighted by molar-refractivity contribution is 5.89. The zero-order chi connectivity index (χ0) is 23.4. The molecule has 4 rings (SSSR count). The monoisotopic (exact) mass is 462 g/mol. The van der Waals surface area contributed by atoms with Crippen LogP contribution in [-0.2, 0) is 4.79 Å². The van der Waals surface area contributed by atoms with Crippen LogP contribution in [0.25, 0.3) is 0 Å². The second kappa shape index (κ2) is 10.3. The number of nitrogens with one attached hydrogen (secondary N) is 2. The molecule has 2 fully saturated rings. The standard InChI is InChI=1S/C23H28F2N4O4/c24-17-2-1-3-18(25)20(17)27-23-29-28-22(33-23)21(32)26-16-10-8-15(9-11-16)14-6-4-13(5-7-14)12-19(30)31/h1-3,13-16H,4-12H2,(H,26,32)(H,27,29)(H,30,31). The van der Waals surface area contributed by atoms with Crippen LogP contribution in [-0.4, -0.2) is 33.2 Å². The number of rotatable bonds is 7. The lowest BCUT2D eigenvalue weighted by atomic mass is 9.70. The molecule has 0 atom stereocenters.